The number of nitrogens with zero attached hydrogens (tertiary/aromatic N) is 3. The maximum atomic E-state index is 11.5. The van der Waals surface area contributed by atoms with Gasteiger partial charge in [0.05, 0.1) is 6.33 Å². The van der Waals surface area contributed by atoms with Crippen LogP contribution in [0.1, 0.15) is 6.92 Å². The van der Waals surface area contributed by atoms with Crippen LogP contribution in [0.3, 0.4) is 0 Å². The van der Waals surface area contributed by atoms with Crippen molar-refractivity contribution in [2.45, 2.75) is 12.6 Å². The SMILES string of the molecule is C[C@](N)(C(=O)O)n1cnc2c(=O)[nH]c(N)nc21. The van der Waals surface area contributed by atoms with Gasteiger partial charge in [-0.3, -0.25) is 20.1 Å². The predicted molar refractivity (Wildman–Crippen MR) is 58.0 cm³/mol. The minimum Gasteiger partial charge on any atom is -0.478 e. The fourth-order valence-electron chi connectivity index (χ4n) is 1.37. The highest BCUT2D eigenvalue weighted by Crippen LogP contribution is 2.15. The van der Waals surface area contributed by atoms with Crippen LogP contribution in [0.5, 0.6) is 0 Å². The number of aliphatic carboxylic acids is 1. The van der Waals surface area contributed by atoms with Gasteiger partial charge in [0, 0.05) is 0 Å². The summed E-state index contributed by atoms with van der Waals surface area (Å²) in [5, 5.41) is 8.99. The van der Waals surface area contributed by atoms with Gasteiger partial charge in [-0.05, 0) is 6.92 Å². The van der Waals surface area contributed by atoms with Gasteiger partial charge in [-0.25, -0.2) is 9.78 Å². The smallest absolute Gasteiger partial charge is 0.344 e. The Morgan fingerprint density at radius 1 is 1.65 bits per heavy atom. The van der Waals surface area contributed by atoms with Gasteiger partial charge in [0.15, 0.2) is 16.8 Å². The summed E-state index contributed by atoms with van der Waals surface area (Å²) in [6.45, 7) is 1.26. The summed E-state index contributed by atoms with van der Waals surface area (Å²) >= 11 is 0. The van der Waals surface area contributed by atoms with Crippen LogP contribution in [-0.2, 0) is 10.5 Å². The number of imidazole rings is 1. The highest BCUT2D eigenvalue weighted by Gasteiger charge is 2.32. The Kier molecular flexibility index (Phi) is 2.14. The van der Waals surface area contributed by atoms with Crippen LogP contribution >= 0.6 is 0 Å². The van der Waals surface area contributed by atoms with E-state index < -0.39 is 17.2 Å². The minimum absolute atomic E-state index is 0.0166. The lowest BCUT2D eigenvalue weighted by atomic mass is 10.2. The molecule has 0 bridgehead atoms. The Labute approximate surface area is 94.1 Å². The molecule has 9 heteroatoms. The molecule has 0 saturated carbocycles. The third kappa shape index (κ3) is 1.52. The third-order valence-corrected chi connectivity index (χ3v) is 2.36. The lowest BCUT2D eigenvalue weighted by Crippen LogP contribution is -2.47. The van der Waals surface area contributed by atoms with E-state index in [2.05, 4.69) is 15.0 Å². The van der Waals surface area contributed by atoms with Crippen molar-refractivity contribution in [3.63, 3.8) is 0 Å². The van der Waals surface area contributed by atoms with E-state index >= 15 is 0 Å². The van der Waals surface area contributed by atoms with Gasteiger partial charge in [-0.15, -0.1) is 0 Å². The van der Waals surface area contributed by atoms with Crippen LogP contribution in [-0.4, -0.2) is 30.6 Å². The molecule has 2 aromatic heterocycles. The van der Waals surface area contributed by atoms with Crippen LogP contribution in [0, 0.1) is 0 Å². The van der Waals surface area contributed by atoms with E-state index in [1.807, 2.05) is 0 Å². The standard InChI is InChI=1S/C8H10N6O3/c1-8(10,6(16)17)14-2-11-3-4(14)12-7(9)13-5(3)15/h2H,10H2,1H3,(H,16,17)(H3,9,12,13,15)/t8-/m1/s1. The lowest BCUT2D eigenvalue weighted by Gasteiger charge is -2.20. The molecule has 1 atom stereocenters. The van der Waals surface area contributed by atoms with Gasteiger partial charge in [-0.1, -0.05) is 0 Å². The molecule has 2 aromatic rings. The molecule has 6 N–H and O–H groups in total. The van der Waals surface area contributed by atoms with Crippen molar-refractivity contribution in [2.24, 2.45) is 5.73 Å². The first-order chi connectivity index (χ1) is 7.84. The van der Waals surface area contributed by atoms with E-state index in [0.717, 1.165) is 10.9 Å². The first-order valence-electron chi connectivity index (χ1n) is 4.59. The molecule has 0 unspecified atom stereocenters. The topological polar surface area (TPSA) is 153 Å². The molecule has 0 aliphatic rings. The van der Waals surface area contributed by atoms with Gasteiger partial charge in [0.1, 0.15) is 0 Å². The fraction of sp³-hybridized carbons (Fsp3) is 0.250. The average Bonchev–Trinajstić information content (AvgIpc) is 2.61. The molecule has 0 fully saturated rings. The number of carboxylic acid groups (broad SMARTS) is 1. The van der Waals surface area contributed by atoms with E-state index in [1.165, 1.54) is 6.92 Å². The molecule has 9 nitrogen and oxygen atoms in total. The highest BCUT2D eigenvalue weighted by molar-refractivity contribution is 5.79. The largest absolute Gasteiger partial charge is 0.478 e. The number of hydrogen-bond acceptors (Lipinski definition) is 6. The number of fused-ring (bicyclic) bond motifs is 1. The van der Waals surface area contributed by atoms with Crippen LogP contribution in [0.15, 0.2) is 11.1 Å². The molecule has 17 heavy (non-hydrogen) atoms. The Balaban J connectivity index is 2.81. The monoisotopic (exact) mass is 238 g/mol. The van der Waals surface area contributed by atoms with Gasteiger partial charge in [0.2, 0.25) is 5.95 Å². The van der Waals surface area contributed by atoms with Crippen LogP contribution in [0.4, 0.5) is 5.95 Å². The molecule has 0 saturated heterocycles. The maximum Gasteiger partial charge on any atom is 0.344 e. The Morgan fingerprint density at radius 2 is 2.29 bits per heavy atom. The van der Waals surface area contributed by atoms with Gasteiger partial charge in [-0.2, -0.15) is 4.98 Å². The zero-order valence-electron chi connectivity index (χ0n) is 8.84. The average molecular weight is 238 g/mol. The second-order valence-electron chi connectivity index (χ2n) is 3.69. The van der Waals surface area contributed by atoms with Crippen molar-refractivity contribution in [1.82, 2.24) is 19.5 Å². The van der Waals surface area contributed by atoms with Crippen molar-refractivity contribution in [3.05, 3.63) is 16.7 Å². The zero-order valence-corrected chi connectivity index (χ0v) is 8.84. The van der Waals surface area contributed by atoms with Crippen molar-refractivity contribution in [1.29, 1.82) is 0 Å². The molecule has 0 amide bonds. The normalized spacial score (nSPS) is 14.7. The summed E-state index contributed by atoms with van der Waals surface area (Å²) in [5.41, 5.74) is 8.70. The predicted octanol–water partition coefficient (Wildman–Crippen LogP) is -1.58. The van der Waals surface area contributed by atoms with E-state index in [-0.39, 0.29) is 17.1 Å². The summed E-state index contributed by atoms with van der Waals surface area (Å²) in [4.78, 5) is 32.3. The maximum absolute atomic E-state index is 11.5. The number of carboxylic acids is 1. The quantitative estimate of drug-likeness (QED) is 0.492. The van der Waals surface area contributed by atoms with Gasteiger partial charge >= 0.3 is 5.97 Å². The first kappa shape index (κ1) is 11.1. The van der Waals surface area contributed by atoms with Crippen molar-refractivity contribution < 1.29 is 9.90 Å². The van der Waals surface area contributed by atoms with Crippen LogP contribution < -0.4 is 17.0 Å². The molecule has 0 aromatic carbocycles. The van der Waals surface area contributed by atoms with Crippen molar-refractivity contribution in [2.75, 3.05) is 5.73 Å². The number of nitrogens with one attached hydrogen (secondary N) is 1. The molecule has 2 heterocycles. The molecule has 0 aliphatic heterocycles. The number of aromatic nitrogens is 4. The number of hydrogen-bond donors (Lipinski definition) is 4. The molecule has 90 valence electrons. The molecule has 0 spiro atoms. The first-order valence-corrected chi connectivity index (χ1v) is 4.59. The number of nitrogens with two attached hydrogens (primary N) is 2. The number of carbonyl (C=O) groups is 1. The summed E-state index contributed by atoms with van der Waals surface area (Å²) < 4.78 is 1.08. The number of H-pyrrole nitrogens is 1. The van der Waals surface area contributed by atoms with E-state index in [1.54, 1.807) is 0 Å². The van der Waals surface area contributed by atoms with E-state index in [4.69, 9.17) is 16.6 Å². The summed E-state index contributed by atoms with van der Waals surface area (Å²) in [6.07, 6.45) is 1.14. The van der Waals surface area contributed by atoms with Crippen molar-refractivity contribution >= 4 is 23.1 Å². The minimum atomic E-state index is -1.76. The van der Waals surface area contributed by atoms with Crippen molar-refractivity contribution in [3.8, 4) is 0 Å². The molecule has 0 radical (unpaired) electrons. The van der Waals surface area contributed by atoms with Gasteiger partial charge < -0.3 is 10.8 Å². The zero-order chi connectivity index (χ0) is 12.8. The number of rotatable bonds is 2. The Bertz CT molecular complexity index is 655. The van der Waals surface area contributed by atoms with Crippen LogP contribution in [0.2, 0.25) is 0 Å². The molecule has 2 rings (SSSR count). The lowest BCUT2D eigenvalue weighted by molar-refractivity contribution is -0.146. The van der Waals surface area contributed by atoms with Crippen LogP contribution in [0.25, 0.3) is 11.2 Å². The summed E-state index contributed by atoms with van der Waals surface area (Å²) in [5.74, 6) is -1.41. The summed E-state index contributed by atoms with van der Waals surface area (Å²) in [6, 6.07) is 0. The molecule has 0 aliphatic carbocycles. The molecular weight excluding hydrogens is 228 g/mol. The molecular formula is C8H10N6O3. The fourth-order valence-corrected chi connectivity index (χ4v) is 1.37. The Hall–Kier alpha value is -2.42. The Morgan fingerprint density at radius 3 is 2.88 bits per heavy atom. The van der Waals surface area contributed by atoms with Gasteiger partial charge in [0.25, 0.3) is 5.56 Å². The van der Waals surface area contributed by atoms with E-state index in [0.29, 0.717) is 0 Å². The highest BCUT2D eigenvalue weighted by atomic mass is 16.4. The second kappa shape index (κ2) is 3.28. The third-order valence-electron chi connectivity index (χ3n) is 2.36. The second-order valence-corrected chi connectivity index (χ2v) is 3.69. The number of aromatic amines is 1. The van der Waals surface area contributed by atoms with E-state index in [9.17, 15) is 9.59 Å². The summed E-state index contributed by atoms with van der Waals surface area (Å²) in [7, 11) is 0. The number of nitrogen functional groups attached to an aromatic ring is 1. The number of anilines is 1.